The first-order valence-electron chi connectivity index (χ1n) is 21.2. The topological polar surface area (TPSA) is 6.48 Å². The van der Waals surface area contributed by atoms with Crippen LogP contribution in [0.4, 0.5) is 34.1 Å². The Morgan fingerprint density at radius 2 is 0.661 bits per heavy atom. The van der Waals surface area contributed by atoms with Gasteiger partial charge >= 0.3 is 0 Å². The highest BCUT2D eigenvalue weighted by molar-refractivity contribution is 6.28. The first-order chi connectivity index (χ1) is 27.6. The minimum Gasteiger partial charge on any atom is -0.310 e. The van der Waals surface area contributed by atoms with Gasteiger partial charge in [0.2, 0.25) is 0 Å². The molecule has 0 aliphatic heterocycles. The van der Waals surface area contributed by atoms with E-state index in [4.69, 9.17) is 0 Å². The Morgan fingerprint density at radius 3 is 1.02 bits per heavy atom. The second kappa shape index (κ2) is 14.8. The Labute approximate surface area is 332 Å². The van der Waals surface area contributed by atoms with Crippen LogP contribution >= 0.6 is 0 Å². The van der Waals surface area contributed by atoms with Crippen LogP contribution in [0.25, 0.3) is 32.3 Å². The van der Waals surface area contributed by atoms with Crippen LogP contribution in [-0.4, -0.2) is 0 Å². The summed E-state index contributed by atoms with van der Waals surface area (Å²) in [6.45, 7) is 4.35. The lowest BCUT2D eigenvalue weighted by Gasteiger charge is -2.30. The van der Waals surface area contributed by atoms with Gasteiger partial charge in [-0.15, -0.1) is 0 Å². The smallest absolute Gasteiger partial charge is 0.0540 e. The molecule has 0 amide bonds. The maximum atomic E-state index is 2.48. The molecular formula is C54H52N2. The van der Waals surface area contributed by atoms with E-state index in [0.29, 0.717) is 11.8 Å². The van der Waals surface area contributed by atoms with Crippen molar-refractivity contribution in [3.8, 4) is 0 Å². The maximum absolute atomic E-state index is 2.48. The van der Waals surface area contributed by atoms with Crippen LogP contribution < -0.4 is 9.80 Å². The standard InChI is InChI=1S/C54H52N2/c1-37-13-25-45(26-14-37)55(47-29-17-41(18-30-47)39-9-5-3-6-10-39)51-35-23-43-22-34-50-52(36-24-44-21-33-49(51)53(43)54(44)50)56(46-27-15-38(2)16-28-46)48-31-19-42(20-32-48)40-11-7-4-8-12-40/h13-36,39-40H,3-12H2,1-2H3. The fourth-order valence-electron chi connectivity index (χ4n) is 10.1. The summed E-state index contributed by atoms with van der Waals surface area (Å²) < 4.78 is 0. The average molecular weight is 729 g/mol. The van der Waals surface area contributed by atoms with E-state index in [2.05, 4.69) is 169 Å². The van der Waals surface area contributed by atoms with Gasteiger partial charge in [-0.3, -0.25) is 0 Å². The van der Waals surface area contributed by atoms with E-state index in [1.807, 2.05) is 0 Å². The summed E-state index contributed by atoms with van der Waals surface area (Å²) in [5, 5.41) is 7.74. The van der Waals surface area contributed by atoms with Crippen LogP contribution in [0.3, 0.4) is 0 Å². The number of rotatable bonds is 8. The quantitative estimate of drug-likeness (QED) is 0.144. The van der Waals surface area contributed by atoms with Crippen molar-refractivity contribution in [2.24, 2.45) is 0 Å². The van der Waals surface area contributed by atoms with Gasteiger partial charge in [0, 0.05) is 33.5 Å². The van der Waals surface area contributed by atoms with E-state index >= 15 is 0 Å². The summed E-state index contributed by atoms with van der Waals surface area (Å²) in [5.74, 6) is 1.37. The van der Waals surface area contributed by atoms with Crippen molar-refractivity contribution in [2.45, 2.75) is 89.9 Å². The van der Waals surface area contributed by atoms with E-state index in [1.165, 1.54) is 153 Å². The van der Waals surface area contributed by atoms with Crippen LogP contribution in [0, 0.1) is 13.8 Å². The van der Waals surface area contributed by atoms with Crippen LogP contribution in [0.5, 0.6) is 0 Å². The second-order valence-corrected chi connectivity index (χ2v) is 16.8. The fraction of sp³-hybridized carbons (Fsp3) is 0.259. The highest BCUT2D eigenvalue weighted by atomic mass is 15.1. The van der Waals surface area contributed by atoms with Crippen molar-refractivity contribution in [2.75, 3.05) is 9.80 Å². The molecule has 0 spiro atoms. The number of hydrogen-bond donors (Lipinski definition) is 0. The van der Waals surface area contributed by atoms with Gasteiger partial charge in [0.15, 0.2) is 0 Å². The van der Waals surface area contributed by atoms with Gasteiger partial charge in [-0.25, -0.2) is 0 Å². The average Bonchev–Trinajstić information content (AvgIpc) is 3.26. The first-order valence-corrected chi connectivity index (χ1v) is 21.2. The Morgan fingerprint density at radius 1 is 0.339 bits per heavy atom. The molecule has 8 aromatic carbocycles. The Balaban J connectivity index is 1.13. The van der Waals surface area contributed by atoms with E-state index in [0.717, 1.165) is 0 Å². The van der Waals surface area contributed by atoms with Gasteiger partial charge in [0.25, 0.3) is 0 Å². The summed E-state index contributed by atoms with van der Waals surface area (Å²) in [6.07, 6.45) is 13.4. The van der Waals surface area contributed by atoms with Crippen molar-refractivity contribution in [3.05, 3.63) is 168 Å². The van der Waals surface area contributed by atoms with E-state index < -0.39 is 0 Å². The normalized spacial score (nSPS) is 15.5. The number of nitrogens with zero attached hydrogens (tertiary/aromatic N) is 2. The van der Waals surface area contributed by atoms with Crippen LogP contribution in [0.2, 0.25) is 0 Å². The van der Waals surface area contributed by atoms with Gasteiger partial charge in [0.05, 0.1) is 11.4 Å². The van der Waals surface area contributed by atoms with Crippen molar-refractivity contribution >= 4 is 66.4 Å². The molecule has 2 fully saturated rings. The molecule has 0 bridgehead atoms. The zero-order valence-electron chi connectivity index (χ0n) is 33.0. The molecule has 10 rings (SSSR count). The van der Waals surface area contributed by atoms with Gasteiger partial charge in [-0.05, 0) is 145 Å². The zero-order chi connectivity index (χ0) is 37.6. The molecule has 2 aliphatic carbocycles. The molecule has 2 nitrogen and oxygen atoms in total. The predicted molar refractivity (Wildman–Crippen MR) is 241 cm³/mol. The molecule has 0 unspecified atom stereocenters. The van der Waals surface area contributed by atoms with E-state index in [9.17, 15) is 0 Å². The third kappa shape index (κ3) is 6.40. The summed E-state index contributed by atoms with van der Waals surface area (Å²) >= 11 is 0. The molecule has 0 saturated heterocycles. The molecule has 0 aromatic heterocycles. The summed E-state index contributed by atoms with van der Waals surface area (Å²) in [5.41, 5.74) is 12.7. The lowest BCUT2D eigenvalue weighted by Crippen LogP contribution is -2.12. The molecule has 0 N–H and O–H groups in total. The van der Waals surface area contributed by atoms with Crippen LogP contribution in [0.15, 0.2) is 146 Å². The van der Waals surface area contributed by atoms with Gasteiger partial charge in [-0.2, -0.15) is 0 Å². The van der Waals surface area contributed by atoms with Crippen molar-refractivity contribution < 1.29 is 0 Å². The lowest BCUT2D eigenvalue weighted by atomic mass is 9.84. The van der Waals surface area contributed by atoms with Crippen molar-refractivity contribution in [1.82, 2.24) is 0 Å². The van der Waals surface area contributed by atoms with Crippen molar-refractivity contribution in [3.63, 3.8) is 0 Å². The number of aryl methyl sites for hydroxylation is 2. The molecule has 0 radical (unpaired) electrons. The van der Waals surface area contributed by atoms with E-state index in [-0.39, 0.29) is 0 Å². The van der Waals surface area contributed by atoms with Gasteiger partial charge in [-0.1, -0.05) is 135 Å². The fourth-order valence-corrected chi connectivity index (χ4v) is 10.1. The molecule has 2 heteroatoms. The third-order valence-electron chi connectivity index (χ3n) is 13.1. The molecule has 2 aliphatic rings. The number of hydrogen-bond acceptors (Lipinski definition) is 2. The van der Waals surface area contributed by atoms with Crippen molar-refractivity contribution in [1.29, 1.82) is 0 Å². The number of anilines is 6. The Bertz CT molecular complexity index is 2400. The monoisotopic (exact) mass is 728 g/mol. The zero-order valence-corrected chi connectivity index (χ0v) is 33.0. The lowest BCUT2D eigenvalue weighted by molar-refractivity contribution is 0.443. The van der Waals surface area contributed by atoms with Gasteiger partial charge in [0.1, 0.15) is 0 Å². The molecule has 0 heterocycles. The highest BCUT2D eigenvalue weighted by Gasteiger charge is 2.23. The Hall–Kier alpha value is -5.60. The SMILES string of the molecule is Cc1ccc(N(c2ccc(C3CCCCC3)cc2)c2ccc3ccc4c(N(c5ccc(C)cc5)c5ccc(C6CCCCC6)cc5)ccc5ccc2c3c54)cc1. The van der Waals surface area contributed by atoms with Crippen LogP contribution in [-0.2, 0) is 0 Å². The molecule has 278 valence electrons. The highest BCUT2D eigenvalue weighted by Crippen LogP contribution is 2.48. The first kappa shape index (κ1) is 34.9. The summed E-state index contributed by atoms with van der Waals surface area (Å²) in [7, 11) is 0. The molecule has 8 aromatic rings. The molecule has 56 heavy (non-hydrogen) atoms. The van der Waals surface area contributed by atoms with E-state index in [1.54, 1.807) is 0 Å². The summed E-state index contributed by atoms with van der Waals surface area (Å²) in [6, 6.07) is 55.8. The minimum absolute atomic E-state index is 0.684. The minimum atomic E-state index is 0.684. The maximum Gasteiger partial charge on any atom is 0.0540 e. The largest absolute Gasteiger partial charge is 0.310 e. The van der Waals surface area contributed by atoms with Crippen LogP contribution in [0.1, 0.15) is 98.3 Å². The predicted octanol–water partition coefficient (Wildman–Crippen LogP) is 16.2. The molecule has 0 atom stereocenters. The molecule has 2 saturated carbocycles. The number of benzene rings is 8. The van der Waals surface area contributed by atoms with Gasteiger partial charge < -0.3 is 9.80 Å². The third-order valence-corrected chi connectivity index (χ3v) is 13.1. The second-order valence-electron chi connectivity index (χ2n) is 16.8. The summed E-state index contributed by atoms with van der Waals surface area (Å²) in [4.78, 5) is 4.95. The molecular weight excluding hydrogens is 677 g/mol. The Kier molecular flexibility index (Phi) is 9.22.